The number of hydrogen-bond donors (Lipinski definition) is 1. The number of anilines is 2. The molecule has 5 rings (SSSR count). The highest BCUT2D eigenvalue weighted by Crippen LogP contribution is 2.27. The van der Waals surface area contributed by atoms with Crippen LogP contribution in [0, 0.1) is 6.92 Å². The number of furan rings is 1. The molecule has 2 aliphatic rings. The Morgan fingerprint density at radius 2 is 1.94 bits per heavy atom. The SMILES string of the molecule is Cc1ccc(-c2nc3nc(N4CC[C@H]4C(=O)N4CCN(CC(C)(F)F)CC4)nc(N)n3n2)o1. The minimum Gasteiger partial charge on any atom is -0.458 e. The number of halogens is 2. The monoisotopic (exact) mass is 461 g/mol. The Morgan fingerprint density at radius 3 is 2.55 bits per heavy atom. The number of rotatable bonds is 5. The molecule has 2 saturated heterocycles. The Hall–Kier alpha value is -3.35. The van der Waals surface area contributed by atoms with Crippen LogP contribution in [0.1, 0.15) is 19.1 Å². The number of carbonyl (C=O) groups excluding carboxylic acids is 1. The first kappa shape index (κ1) is 21.5. The summed E-state index contributed by atoms with van der Waals surface area (Å²) in [4.78, 5) is 31.5. The number of fused-ring (bicyclic) bond motifs is 1. The average molecular weight is 461 g/mol. The molecule has 33 heavy (non-hydrogen) atoms. The van der Waals surface area contributed by atoms with Crippen LogP contribution >= 0.6 is 0 Å². The third kappa shape index (κ3) is 4.19. The van der Waals surface area contributed by atoms with E-state index in [1.165, 1.54) is 4.52 Å². The number of nitrogens with two attached hydrogens (primary N) is 1. The maximum Gasteiger partial charge on any atom is 0.259 e. The molecule has 0 saturated carbocycles. The van der Waals surface area contributed by atoms with Gasteiger partial charge in [-0.1, -0.05) is 0 Å². The Kier molecular flexibility index (Phi) is 5.15. The quantitative estimate of drug-likeness (QED) is 0.594. The third-order valence-corrected chi connectivity index (χ3v) is 5.93. The molecule has 1 amide bonds. The van der Waals surface area contributed by atoms with Crippen molar-refractivity contribution in [3.05, 3.63) is 17.9 Å². The maximum absolute atomic E-state index is 13.3. The van der Waals surface area contributed by atoms with E-state index < -0.39 is 12.0 Å². The van der Waals surface area contributed by atoms with Crippen molar-refractivity contribution in [3.63, 3.8) is 0 Å². The first-order valence-electron chi connectivity index (χ1n) is 10.8. The molecule has 0 aliphatic carbocycles. The lowest BCUT2D eigenvalue weighted by atomic mass is 10.0. The van der Waals surface area contributed by atoms with Gasteiger partial charge in [0.2, 0.25) is 23.6 Å². The summed E-state index contributed by atoms with van der Waals surface area (Å²) in [5.41, 5.74) is 6.09. The fourth-order valence-electron chi connectivity index (χ4n) is 4.19. The molecule has 3 aromatic heterocycles. The molecule has 0 unspecified atom stereocenters. The Labute approximate surface area is 188 Å². The molecule has 0 radical (unpaired) electrons. The van der Waals surface area contributed by atoms with Crippen LogP contribution in [0.25, 0.3) is 17.4 Å². The predicted octanol–water partition coefficient (Wildman–Crippen LogP) is 1.05. The Bertz CT molecular complexity index is 1180. The van der Waals surface area contributed by atoms with Crippen LogP contribution in [0.2, 0.25) is 0 Å². The lowest BCUT2D eigenvalue weighted by Crippen LogP contribution is -2.61. The summed E-state index contributed by atoms with van der Waals surface area (Å²) in [6.07, 6.45) is 0.657. The second-order valence-corrected chi connectivity index (χ2v) is 8.61. The summed E-state index contributed by atoms with van der Waals surface area (Å²) in [6.45, 7) is 4.72. The Balaban J connectivity index is 1.30. The second kappa shape index (κ2) is 7.90. The highest BCUT2D eigenvalue weighted by Gasteiger charge is 2.40. The number of alkyl halides is 2. The van der Waals surface area contributed by atoms with E-state index in [4.69, 9.17) is 10.2 Å². The zero-order chi connectivity index (χ0) is 23.3. The van der Waals surface area contributed by atoms with Crippen LogP contribution in [0.5, 0.6) is 0 Å². The molecule has 13 heteroatoms. The lowest BCUT2D eigenvalue weighted by Gasteiger charge is -2.44. The number of nitrogen functional groups attached to an aromatic ring is 1. The standard InChI is InChI=1S/C20H25F2N9O2/c1-12-3-4-14(33-12)15-24-19-26-18(25-17(23)31(19)27-15)30-6-5-13(30)16(32)29-9-7-28(8-10-29)11-20(2,21)22/h3-4,13H,5-11H2,1-2H3,(H2,23,24,25,26,27)/t13-/m0/s1. The van der Waals surface area contributed by atoms with Crippen molar-refractivity contribution in [1.82, 2.24) is 34.4 Å². The zero-order valence-corrected chi connectivity index (χ0v) is 18.4. The van der Waals surface area contributed by atoms with Gasteiger partial charge in [0.05, 0.1) is 6.54 Å². The number of hydrogen-bond acceptors (Lipinski definition) is 9. The summed E-state index contributed by atoms with van der Waals surface area (Å²) < 4.78 is 33.4. The fourth-order valence-corrected chi connectivity index (χ4v) is 4.19. The van der Waals surface area contributed by atoms with Gasteiger partial charge in [0, 0.05) is 39.6 Å². The summed E-state index contributed by atoms with van der Waals surface area (Å²) in [5, 5.41) is 4.31. The molecule has 2 fully saturated rings. The van der Waals surface area contributed by atoms with Crippen LogP contribution in [0.4, 0.5) is 20.7 Å². The average Bonchev–Trinajstić information content (AvgIpc) is 3.33. The van der Waals surface area contributed by atoms with Crippen molar-refractivity contribution in [2.24, 2.45) is 0 Å². The van der Waals surface area contributed by atoms with Crippen LogP contribution < -0.4 is 10.6 Å². The second-order valence-electron chi connectivity index (χ2n) is 8.61. The number of nitrogens with zero attached hydrogens (tertiary/aromatic N) is 8. The van der Waals surface area contributed by atoms with Crippen molar-refractivity contribution < 1.29 is 18.0 Å². The lowest BCUT2D eigenvalue weighted by molar-refractivity contribution is -0.136. The van der Waals surface area contributed by atoms with E-state index >= 15 is 0 Å². The number of aromatic nitrogens is 5. The minimum atomic E-state index is -2.75. The minimum absolute atomic E-state index is 0.0561. The van der Waals surface area contributed by atoms with E-state index in [-0.39, 0.29) is 24.2 Å². The molecule has 3 aromatic rings. The van der Waals surface area contributed by atoms with Gasteiger partial charge in [-0.15, -0.1) is 5.10 Å². The van der Waals surface area contributed by atoms with E-state index in [2.05, 4.69) is 20.1 Å². The molecule has 2 aliphatic heterocycles. The topological polar surface area (TPSA) is 122 Å². The van der Waals surface area contributed by atoms with Crippen LogP contribution in [-0.2, 0) is 4.79 Å². The smallest absolute Gasteiger partial charge is 0.259 e. The van der Waals surface area contributed by atoms with Crippen LogP contribution in [0.3, 0.4) is 0 Å². The van der Waals surface area contributed by atoms with Gasteiger partial charge in [-0.2, -0.15) is 19.5 Å². The first-order valence-corrected chi connectivity index (χ1v) is 10.8. The van der Waals surface area contributed by atoms with Gasteiger partial charge in [-0.05, 0) is 25.5 Å². The van der Waals surface area contributed by atoms with E-state index in [1.807, 2.05) is 13.0 Å². The maximum atomic E-state index is 13.3. The molecule has 5 heterocycles. The first-order chi connectivity index (χ1) is 15.7. The van der Waals surface area contributed by atoms with E-state index in [0.29, 0.717) is 56.7 Å². The summed E-state index contributed by atoms with van der Waals surface area (Å²) in [7, 11) is 0. The highest BCUT2D eigenvalue weighted by molar-refractivity contribution is 5.86. The molecular weight excluding hydrogens is 436 g/mol. The molecule has 0 spiro atoms. The van der Waals surface area contributed by atoms with Crippen molar-refractivity contribution in [2.45, 2.75) is 32.2 Å². The highest BCUT2D eigenvalue weighted by atomic mass is 19.3. The molecule has 11 nitrogen and oxygen atoms in total. The fraction of sp³-hybridized carbons (Fsp3) is 0.550. The van der Waals surface area contributed by atoms with Crippen molar-refractivity contribution in [3.8, 4) is 11.6 Å². The number of amides is 1. The predicted molar refractivity (Wildman–Crippen MR) is 115 cm³/mol. The Morgan fingerprint density at radius 1 is 1.18 bits per heavy atom. The van der Waals surface area contributed by atoms with Gasteiger partial charge in [-0.25, -0.2) is 8.78 Å². The van der Waals surface area contributed by atoms with Gasteiger partial charge in [0.25, 0.3) is 11.7 Å². The third-order valence-electron chi connectivity index (χ3n) is 5.93. The summed E-state index contributed by atoms with van der Waals surface area (Å²) >= 11 is 0. The van der Waals surface area contributed by atoms with Crippen LogP contribution in [0.15, 0.2) is 16.5 Å². The van der Waals surface area contributed by atoms with Crippen LogP contribution in [-0.4, -0.2) is 91.5 Å². The number of piperazine rings is 1. The molecule has 0 bridgehead atoms. The van der Waals surface area contributed by atoms with Crippen molar-refractivity contribution in [1.29, 1.82) is 0 Å². The van der Waals surface area contributed by atoms with Gasteiger partial charge >= 0.3 is 0 Å². The van der Waals surface area contributed by atoms with Gasteiger partial charge in [0.1, 0.15) is 11.8 Å². The molecule has 176 valence electrons. The molecule has 1 atom stereocenters. The zero-order valence-electron chi connectivity index (χ0n) is 18.4. The summed E-state index contributed by atoms with van der Waals surface area (Å²) in [6, 6.07) is 3.16. The molecular formula is C20H25F2N9O2. The number of aryl methyl sites for hydroxylation is 1. The normalized spacial score (nSPS) is 19.8. The summed E-state index contributed by atoms with van der Waals surface area (Å²) in [5.74, 6) is -0.566. The van der Waals surface area contributed by atoms with Gasteiger partial charge in [0.15, 0.2) is 5.76 Å². The van der Waals surface area contributed by atoms with Gasteiger partial charge < -0.3 is 20.0 Å². The van der Waals surface area contributed by atoms with Gasteiger partial charge in [-0.3, -0.25) is 9.69 Å². The van der Waals surface area contributed by atoms with Crippen molar-refractivity contribution in [2.75, 3.05) is 49.9 Å². The van der Waals surface area contributed by atoms with E-state index in [9.17, 15) is 13.6 Å². The molecule has 0 aromatic carbocycles. The van der Waals surface area contributed by atoms with E-state index in [1.54, 1.807) is 20.8 Å². The largest absolute Gasteiger partial charge is 0.458 e. The number of carbonyl (C=O) groups is 1. The van der Waals surface area contributed by atoms with E-state index in [0.717, 1.165) is 12.7 Å². The molecule has 2 N–H and O–H groups in total. The van der Waals surface area contributed by atoms with Crippen molar-refractivity contribution >= 4 is 23.6 Å².